The summed E-state index contributed by atoms with van der Waals surface area (Å²) in [5, 5.41) is 0. The van der Waals surface area contributed by atoms with Crippen molar-refractivity contribution in [3.8, 4) is 0 Å². The highest BCUT2D eigenvalue weighted by Crippen LogP contribution is 2.58. The van der Waals surface area contributed by atoms with Gasteiger partial charge in [-0.15, -0.1) is 0 Å². The molecule has 722 valence electrons. The van der Waals surface area contributed by atoms with Gasteiger partial charge in [-0.25, -0.2) is 14.4 Å². The Morgan fingerprint density at radius 2 is 0.393 bits per heavy atom. The minimum atomic E-state index is -5.54. The first-order valence-corrected chi connectivity index (χ1v) is 45.3. The van der Waals surface area contributed by atoms with Crippen molar-refractivity contribution in [1.82, 2.24) is 0 Å². The van der Waals surface area contributed by atoms with Crippen LogP contribution in [0.4, 0.5) is 52.7 Å². The highest BCUT2D eigenvalue weighted by atomic mass is 19.4. The standard InChI is InChI=1S/C22H28.C19H18F6.C19H22.C19H24.C16H12F6.C16H18.3C2H2O.3H2O/c1-3-18-8-12-20(13-9-18)22(16-6-5-7-17-22)21-14-10-19(4-2)11-15-21;1-3-13-5-9-15(10-6-13)17(18(20,21)22,19(23,24)25)16-11-7-14(4-2)8-12-16;1-16-10-12-18(13-11-16)19(14-6-3-7-15-19)17-8-4-2-5-9-17;1-5-15-7-11-17(12-8-15)19(3,4)18-13-9-16(6-2)10-14-18;1-11-7-9-13(10-8-11)14(15(17,18)19,16(20,21)22)12-5-3-2-4-6-12;1-13-9-11-15(12-10-13)16(2,3)14-7-5-4-6-8-14;3*1-2-3;;;/h8-15H,3-7,16-17H2,1-2H3;5-12H,3-4H2,1-2H3;2,4-5,8-13H,3,6-7,14-15H2,1H3;7-14H,5-6H2,1-4H3;2-10H,1H3;4-12H,1-3H3;3*1H2;3*1H2. The molecule has 0 radical (unpaired) electrons. The van der Waals surface area contributed by atoms with Crippen LogP contribution in [0.1, 0.15) is 250 Å². The van der Waals surface area contributed by atoms with Crippen molar-refractivity contribution in [3.05, 3.63) is 446 Å². The number of benzene rings is 12. The van der Waals surface area contributed by atoms with Crippen molar-refractivity contribution in [1.29, 1.82) is 0 Å². The van der Waals surface area contributed by atoms with Crippen LogP contribution in [-0.2, 0) is 85.4 Å². The topological polar surface area (TPSA) is 146 Å². The summed E-state index contributed by atoms with van der Waals surface area (Å²) in [6.07, 6.45) is -3.26. The van der Waals surface area contributed by atoms with Gasteiger partial charge in [0.2, 0.25) is 10.8 Å². The van der Waals surface area contributed by atoms with Gasteiger partial charge < -0.3 is 16.4 Å². The Morgan fingerprint density at radius 1 is 0.237 bits per heavy atom. The monoisotopic (exact) mass is 1860 g/mol. The van der Waals surface area contributed by atoms with Crippen LogP contribution in [0, 0.1) is 20.8 Å². The van der Waals surface area contributed by atoms with E-state index in [1.54, 1.807) is 20.8 Å². The average molecular weight is 1860 g/mol. The van der Waals surface area contributed by atoms with Gasteiger partial charge in [0.1, 0.15) is 17.8 Å². The third-order valence-electron chi connectivity index (χ3n) is 25.6. The SMILES string of the molecule is C=C=O.C=C=O.C=C=O.CCc1ccc(C(C)(C)c2ccc(CC)cc2)cc1.CCc1ccc(C(c2ccc(CC)cc2)(C(F)(F)F)C(F)(F)F)cc1.CCc1ccc(C2(c3ccc(CC)cc3)CCCCC2)cc1.Cc1ccc(C(C)(C)c2ccccc2)cc1.Cc1ccc(C(c2ccccc2)(C(F)(F)F)C(F)(F)F)cc1.Cc1ccc(C2(c3ccccc3)CCCCC2)cc1.O.O.O. The van der Waals surface area contributed by atoms with E-state index in [-0.39, 0.29) is 38.1 Å². The minimum absolute atomic E-state index is 0. The second-order valence-corrected chi connectivity index (χ2v) is 34.5. The minimum Gasteiger partial charge on any atom is -0.412 e. The molecule has 2 aliphatic rings. The lowest BCUT2D eigenvalue weighted by atomic mass is 9.65. The zero-order valence-electron chi connectivity index (χ0n) is 80.1. The quantitative estimate of drug-likeness (QED) is 0.0623. The maximum absolute atomic E-state index is 13.9. The van der Waals surface area contributed by atoms with Crippen LogP contribution < -0.4 is 0 Å². The van der Waals surface area contributed by atoms with Gasteiger partial charge in [0, 0.05) is 21.7 Å². The van der Waals surface area contributed by atoms with Gasteiger partial charge in [0.05, 0.1) is 0 Å². The Balaban J connectivity index is 0.000000409. The zero-order valence-corrected chi connectivity index (χ0v) is 80.1. The van der Waals surface area contributed by atoms with Crippen LogP contribution in [0.25, 0.3) is 0 Å². The van der Waals surface area contributed by atoms with Gasteiger partial charge in [-0.3, -0.25) is 0 Å². The molecule has 12 aromatic carbocycles. The molecule has 0 aliphatic heterocycles. The summed E-state index contributed by atoms with van der Waals surface area (Å²) in [5.41, 5.74) is 11.0. The summed E-state index contributed by atoms with van der Waals surface area (Å²) in [7, 11) is 0. The summed E-state index contributed by atoms with van der Waals surface area (Å²) < 4.78 is 165. The number of alkyl halides is 12. The second-order valence-electron chi connectivity index (χ2n) is 34.5. The van der Waals surface area contributed by atoms with Crippen molar-refractivity contribution < 1.29 is 83.5 Å². The van der Waals surface area contributed by atoms with Gasteiger partial charge in [0.25, 0.3) is 0 Å². The lowest BCUT2D eigenvalue weighted by Crippen LogP contribution is -2.54. The van der Waals surface area contributed by atoms with Crippen molar-refractivity contribution in [2.75, 3.05) is 0 Å². The van der Waals surface area contributed by atoms with E-state index in [0.29, 0.717) is 29.5 Å². The molecule has 0 bridgehead atoms. The fraction of sp³-hybridized carbons (Fsp3) is 0.333. The molecule has 0 amide bonds. The molecule has 135 heavy (non-hydrogen) atoms. The van der Waals surface area contributed by atoms with Crippen LogP contribution in [-0.4, -0.2) is 59.0 Å². The highest BCUT2D eigenvalue weighted by molar-refractivity contribution is 5.50. The van der Waals surface area contributed by atoms with Crippen LogP contribution in [0.5, 0.6) is 0 Å². The van der Waals surface area contributed by atoms with E-state index in [0.717, 1.165) is 86.3 Å². The molecule has 6 nitrogen and oxygen atoms in total. The molecule has 0 atom stereocenters. The summed E-state index contributed by atoms with van der Waals surface area (Å²) in [5.74, 6) is 3.75. The molecule has 14 rings (SSSR count). The molecule has 0 saturated heterocycles. The number of hydrogen-bond donors (Lipinski definition) is 0. The van der Waals surface area contributed by atoms with Crippen LogP contribution in [0.15, 0.2) is 329 Å². The summed E-state index contributed by atoms with van der Waals surface area (Å²) >= 11 is 0. The van der Waals surface area contributed by atoms with Crippen LogP contribution in [0.3, 0.4) is 0 Å². The fourth-order valence-electron chi connectivity index (χ4n) is 17.5. The normalized spacial score (nSPS) is 13.1. The lowest BCUT2D eigenvalue weighted by Gasteiger charge is -2.39. The van der Waals surface area contributed by atoms with Crippen molar-refractivity contribution >= 4 is 17.8 Å². The molecule has 0 aromatic heterocycles. The summed E-state index contributed by atoms with van der Waals surface area (Å²) in [6.45, 7) is 35.5. The van der Waals surface area contributed by atoms with Gasteiger partial charge in [-0.2, -0.15) is 52.7 Å². The van der Waals surface area contributed by atoms with E-state index in [2.05, 4.69) is 295 Å². The third-order valence-corrected chi connectivity index (χ3v) is 25.6. The van der Waals surface area contributed by atoms with Gasteiger partial charge in [0.15, 0.2) is 0 Å². The Kier molecular flexibility index (Phi) is 47.4. The maximum atomic E-state index is 13.9. The molecule has 2 fully saturated rings. The fourth-order valence-corrected chi connectivity index (χ4v) is 17.5. The smallest absolute Gasteiger partial charge is 0.411 e. The second kappa shape index (κ2) is 54.5. The molecule has 6 N–H and O–H groups in total. The van der Waals surface area contributed by atoms with E-state index >= 15 is 0 Å². The predicted molar refractivity (Wildman–Crippen MR) is 530 cm³/mol. The average Bonchev–Trinajstić information content (AvgIpc) is 0.720. The van der Waals surface area contributed by atoms with Crippen LogP contribution in [0.2, 0.25) is 0 Å². The highest BCUT2D eigenvalue weighted by Gasteiger charge is 2.73. The molecular weight excluding hydrogens is 1730 g/mol. The summed E-state index contributed by atoms with van der Waals surface area (Å²) in [4.78, 5) is 25.7. The Morgan fingerprint density at radius 3 is 0.615 bits per heavy atom. The van der Waals surface area contributed by atoms with Gasteiger partial charge >= 0.3 is 24.7 Å². The molecule has 2 saturated carbocycles. The zero-order chi connectivity index (χ0) is 97.6. The van der Waals surface area contributed by atoms with Crippen molar-refractivity contribution in [2.45, 2.75) is 250 Å². The van der Waals surface area contributed by atoms with Gasteiger partial charge in [-0.1, -0.05) is 434 Å². The summed E-state index contributed by atoms with van der Waals surface area (Å²) in [6, 6.07) is 95.2. The number of hydrogen-bond acceptors (Lipinski definition) is 3. The third kappa shape index (κ3) is 30.0. The van der Waals surface area contributed by atoms with Gasteiger partial charge in [-0.05, 0) is 205 Å². The largest absolute Gasteiger partial charge is 0.412 e. The lowest BCUT2D eigenvalue weighted by molar-refractivity contribution is -0.290. The molecule has 0 heterocycles. The molecule has 12 aromatic rings. The Bertz CT molecular complexity index is 5240. The maximum Gasteiger partial charge on any atom is 0.411 e. The molecule has 2 aliphatic carbocycles. The first-order chi connectivity index (χ1) is 62.7. The van der Waals surface area contributed by atoms with Crippen LogP contribution >= 0.6 is 0 Å². The van der Waals surface area contributed by atoms with E-state index in [4.69, 9.17) is 14.4 Å². The van der Waals surface area contributed by atoms with E-state index in [1.807, 2.05) is 0 Å². The number of aryl methyl sites for hydroxylation is 9. The molecular formula is C117H134F12O6. The molecule has 0 spiro atoms. The first kappa shape index (κ1) is 117. The Labute approximate surface area is 792 Å². The van der Waals surface area contributed by atoms with E-state index in [9.17, 15) is 52.7 Å². The Hall–Kier alpha value is -12.0. The predicted octanol–water partition coefficient (Wildman–Crippen LogP) is 29.9. The molecule has 18 heteroatoms. The van der Waals surface area contributed by atoms with E-state index in [1.165, 1.54) is 202 Å². The number of halogens is 12. The molecule has 0 unspecified atom stereocenters. The number of rotatable bonds is 18. The van der Waals surface area contributed by atoms with E-state index < -0.39 is 57.8 Å². The first-order valence-electron chi connectivity index (χ1n) is 45.3. The van der Waals surface area contributed by atoms with Crippen molar-refractivity contribution in [2.24, 2.45) is 0 Å². The van der Waals surface area contributed by atoms with Crippen molar-refractivity contribution in [3.63, 3.8) is 0 Å². The number of carbonyl (C=O) groups excluding carboxylic acids is 3.